The van der Waals surface area contributed by atoms with Gasteiger partial charge in [-0.05, 0) is 37.0 Å². The highest BCUT2D eigenvalue weighted by Gasteiger charge is 2.46. The quantitative estimate of drug-likeness (QED) is 0.531. The topological polar surface area (TPSA) is 86.2 Å². The predicted octanol–water partition coefficient (Wildman–Crippen LogP) is 0.956. The summed E-state index contributed by atoms with van der Waals surface area (Å²) in [6.07, 6.45) is 8.63. The fourth-order valence-corrected chi connectivity index (χ4v) is 3.42. The minimum absolute atomic E-state index is 0.0126. The number of amides is 2. The molecule has 2 rings (SSSR count). The van der Waals surface area contributed by atoms with Crippen molar-refractivity contribution in [2.75, 3.05) is 0 Å². The molecule has 4 atom stereocenters. The maximum atomic E-state index is 11.5. The van der Waals surface area contributed by atoms with E-state index in [0.29, 0.717) is 24.2 Å². The number of unbranched alkanes of at least 4 members (excludes halogenated alkanes) is 1. The average molecular weight is 236 g/mol. The first-order valence-corrected chi connectivity index (χ1v) is 6.35. The molecule has 0 aromatic rings. The lowest BCUT2D eigenvalue weighted by molar-refractivity contribution is -0.124. The minimum atomic E-state index is -0.246. The van der Waals surface area contributed by atoms with Crippen LogP contribution in [0.15, 0.2) is 12.2 Å². The lowest BCUT2D eigenvalue weighted by Crippen LogP contribution is -2.32. The van der Waals surface area contributed by atoms with Crippen LogP contribution in [0.1, 0.15) is 32.1 Å². The molecule has 0 saturated heterocycles. The van der Waals surface area contributed by atoms with Crippen molar-refractivity contribution in [2.45, 2.75) is 32.1 Å². The summed E-state index contributed by atoms with van der Waals surface area (Å²) in [5, 5.41) is 0. The molecule has 94 valence electrons. The van der Waals surface area contributed by atoms with Crippen LogP contribution in [-0.4, -0.2) is 11.8 Å². The first-order chi connectivity index (χ1) is 8.09. The number of primary amides is 2. The molecule has 1 saturated carbocycles. The van der Waals surface area contributed by atoms with Crippen molar-refractivity contribution in [1.29, 1.82) is 0 Å². The third kappa shape index (κ3) is 2.51. The third-order valence-electron chi connectivity index (χ3n) is 4.16. The normalized spacial score (nSPS) is 34.1. The standard InChI is InChI=1S/C13H20N2O2/c14-11(16)4-2-1-3-10-8-5-6-9(7-8)12(10)13(15)17/h5-6,8-10,12H,1-4,7H2,(H2,14,16)(H2,15,17). The molecule has 17 heavy (non-hydrogen) atoms. The first kappa shape index (κ1) is 12.1. The Hall–Kier alpha value is -1.32. The van der Waals surface area contributed by atoms with E-state index >= 15 is 0 Å². The van der Waals surface area contributed by atoms with Gasteiger partial charge in [0.2, 0.25) is 11.8 Å². The lowest BCUT2D eigenvalue weighted by Gasteiger charge is -2.25. The van der Waals surface area contributed by atoms with Crippen LogP contribution in [-0.2, 0) is 9.59 Å². The van der Waals surface area contributed by atoms with Crippen molar-refractivity contribution >= 4 is 11.8 Å². The van der Waals surface area contributed by atoms with Crippen LogP contribution >= 0.6 is 0 Å². The largest absolute Gasteiger partial charge is 0.370 e. The number of carbonyl (C=O) groups is 2. The van der Waals surface area contributed by atoms with Gasteiger partial charge in [-0.3, -0.25) is 9.59 Å². The number of rotatable bonds is 6. The van der Waals surface area contributed by atoms with Gasteiger partial charge in [-0.15, -0.1) is 0 Å². The Bertz CT molecular complexity index is 351. The van der Waals surface area contributed by atoms with Crippen molar-refractivity contribution in [3.8, 4) is 0 Å². The van der Waals surface area contributed by atoms with E-state index in [1.54, 1.807) is 0 Å². The van der Waals surface area contributed by atoms with Gasteiger partial charge >= 0.3 is 0 Å². The van der Waals surface area contributed by atoms with Crippen molar-refractivity contribution in [3.05, 3.63) is 12.2 Å². The van der Waals surface area contributed by atoms with E-state index in [1.165, 1.54) is 0 Å². The number of hydrogen-bond acceptors (Lipinski definition) is 2. The molecular formula is C13H20N2O2. The molecule has 0 heterocycles. The highest BCUT2D eigenvalue weighted by molar-refractivity contribution is 5.78. The number of nitrogens with two attached hydrogens (primary N) is 2. The molecule has 0 aromatic heterocycles. The van der Waals surface area contributed by atoms with E-state index in [9.17, 15) is 9.59 Å². The third-order valence-corrected chi connectivity index (χ3v) is 4.16. The van der Waals surface area contributed by atoms with E-state index in [1.807, 2.05) is 0 Å². The highest BCUT2D eigenvalue weighted by atomic mass is 16.1. The van der Waals surface area contributed by atoms with Crippen LogP contribution in [0.2, 0.25) is 0 Å². The van der Waals surface area contributed by atoms with Crippen molar-refractivity contribution in [1.82, 2.24) is 0 Å². The summed E-state index contributed by atoms with van der Waals surface area (Å²) in [5.41, 5.74) is 10.6. The Kier molecular flexibility index (Phi) is 3.50. The van der Waals surface area contributed by atoms with Crippen LogP contribution in [0.3, 0.4) is 0 Å². The summed E-state index contributed by atoms with van der Waals surface area (Å²) in [5.74, 6) is 0.865. The summed E-state index contributed by atoms with van der Waals surface area (Å²) in [7, 11) is 0. The van der Waals surface area contributed by atoms with Gasteiger partial charge in [-0.25, -0.2) is 0 Å². The summed E-state index contributed by atoms with van der Waals surface area (Å²) in [4.78, 5) is 22.1. The fraction of sp³-hybridized carbons (Fsp3) is 0.692. The zero-order chi connectivity index (χ0) is 12.4. The summed E-state index contributed by atoms with van der Waals surface area (Å²) in [6.45, 7) is 0. The van der Waals surface area contributed by atoms with Gasteiger partial charge < -0.3 is 11.5 Å². The molecule has 1 fully saturated rings. The molecule has 0 spiro atoms. The molecule has 4 unspecified atom stereocenters. The SMILES string of the molecule is NC(=O)CCCCC1C2C=CC(C2)C1C(N)=O. The second kappa shape index (κ2) is 4.90. The van der Waals surface area contributed by atoms with Gasteiger partial charge in [0.1, 0.15) is 0 Å². The van der Waals surface area contributed by atoms with Gasteiger partial charge in [0.25, 0.3) is 0 Å². The predicted molar refractivity (Wildman–Crippen MR) is 64.6 cm³/mol. The molecule has 4 N–H and O–H groups in total. The first-order valence-electron chi connectivity index (χ1n) is 6.35. The molecule has 0 aromatic carbocycles. The maximum Gasteiger partial charge on any atom is 0.221 e. The fourth-order valence-electron chi connectivity index (χ4n) is 3.42. The Labute approximate surface area is 101 Å². The van der Waals surface area contributed by atoms with E-state index in [2.05, 4.69) is 12.2 Å². The maximum absolute atomic E-state index is 11.5. The van der Waals surface area contributed by atoms with Gasteiger partial charge in [0.05, 0.1) is 0 Å². The lowest BCUT2D eigenvalue weighted by atomic mass is 9.79. The zero-order valence-electron chi connectivity index (χ0n) is 9.97. The zero-order valence-corrected chi connectivity index (χ0v) is 9.97. The molecule has 0 radical (unpaired) electrons. The van der Waals surface area contributed by atoms with Crippen LogP contribution in [0, 0.1) is 23.7 Å². The van der Waals surface area contributed by atoms with E-state index in [-0.39, 0.29) is 17.7 Å². The molecular weight excluding hydrogens is 216 g/mol. The Balaban J connectivity index is 1.85. The Morgan fingerprint density at radius 1 is 1.12 bits per heavy atom. The summed E-state index contributed by atoms with van der Waals surface area (Å²) >= 11 is 0. The van der Waals surface area contributed by atoms with Crippen molar-refractivity contribution < 1.29 is 9.59 Å². The number of fused-ring (bicyclic) bond motifs is 2. The molecule has 2 bridgehead atoms. The van der Waals surface area contributed by atoms with Gasteiger partial charge in [0, 0.05) is 12.3 Å². The number of carbonyl (C=O) groups excluding carboxylic acids is 2. The van der Waals surface area contributed by atoms with Crippen LogP contribution in [0.25, 0.3) is 0 Å². The molecule has 4 nitrogen and oxygen atoms in total. The molecule has 2 aliphatic rings. The summed E-state index contributed by atoms with van der Waals surface area (Å²) in [6, 6.07) is 0. The van der Waals surface area contributed by atoms with E-state index in [4.69, 9.17) is 11.5 Å². The van der Waals surface area contributed by atoms with Gasteiger partial charge in [-0.1, -0.05) is 18.6 Å². The van der Waals surface area contributed by atoms with E-state index < -0.39 is 0 Å². The Morgan fingerprint density at radius 2 is 1.82 bits per heavy atom. The van der Waals surface area contributed by atoms with Crippen molar-refractivity contribution in [3.63, 3.8) is 0 Å². The minimum Gasteiger partial charge on any atom is -0.370 e. The number of hydrogen-bond donors (Lipinski definition) is 2. The second-order valence-corrected chi connectivity index (χ2v) is 5.25. The molecule has 4 heteroatoms. The molecule has 2 aliphatic carbocycles. The van der Waals surface area contributed by atoms with Gasteiger partial charge in [-0.2, -0.15) is 0 Å². The second-order valence-electron chi connectivity index (χ2n) is 5.25. The van der Waals surface area contributed by atoms with Crippen LogP contribution in [0.4, 0.5) is 0 Å². The molecule has 2 amide bonds. The van der Waals surface area contributed by atoms with Crippen molar-refractivity contribution in [2.24, 2.45) is 35.1 Å². The van der Waals surface area contributed by atoms with Crippen LogP contribution in [0.5, 0.6) is 0 Å². The average Bonchev–Trinajstić information content (AvgIpc) is 2.83. The Morgan fingerprint density at radius 3 is 2.47 bits per heavy atom. The van der Waals surface area contributed by atoms with Crippen LogP contribution < -0.4 is 11.5 Å². The highest BCUT2D eigenvalue weighted by Crippen LogP contribution is 2.49. The van der Waals surface area contributed by atoms with Gasteiger partial charge in [0.15, 0.2) is 0 Å². The number of allylic oxidation sites excluding steroid dienone is 2. The van der Waals surface area contributed by atoms with E-state index in [0.717, 1.165) is 25.7 Å². The monoisotopic (exact) mass is 236 g/mol. The summed E-state index contributed by atoms with van der Waals surface area (Å²) < 4.78 is 0. The molecule has 0 aliphatic heterocycles. The smallest absolute Gasteiger partial charge is 0.221 e.